The lowest BCUT2D eigenvalue weighted by Gasteiger charge is -2.06. The SMILES string of the molecule is CC(C)NCCSc1ccccc1.Cl. The molecule has 14 heavy (non-hydrogen) atoms. The van der Waals surface area contributed by atoms with Gasteiger partial charge in [0.2, 0.25) is 0 Å². The van der Waals surface area contributed by atoms with Gasteiger partial charge in [-0.3, -0.25) is 0 Å². The Bertz CT molecular complexity index is 226. The number of halogens is 1. The zero-order chi connectivity index (χ0) is 9.52. The normalized spacial score (nSPS) is 9.93. The highest BCUT2D eigenvalue weighted by molar-refractivity contribution is 7.99. The summed E-state index contributed by atoms with van der Waals surface area (Å²) in [6.07, 6.45) is 0. The molecule has 0 atom stereocenters. The maximum atomic E-state index is 3.39. The fourth-order valence-corrected chi connectivity index (χ4v) is 1.84. The molecular weight excluding hydrogens is 214 g/mol. The topological polar surface area (TPSA) is 12.0 Å². The molecule has 0 saturated carbocycles. The lowest BCUT2D eigenvalue weighted by Crippen LogP contribution is -2.24. The standard InChI is InChI=1S/C11H17NS.ClH/c1-10(2)12-8-9-13-11-6-4-3-5-7-11;/h3-7,10,12H,8-9H2,1-2H3;1H. The Balaban J connectivity index is 0.00000169. The minimum atomic E-state index is 0. The average molecular weight is 232 g/mol. The largest absolute Gasteiger partial charge is 0.314 e. The smallest absolute Gasteiger partial charge is 0.0106 e. The Labute approximate surface area is 97.1 Å². The van der Waals surface area contributed by atoms with E-state index in [4.69, 9.17) is 0 Å². The summed E-state index contributed by atoms with van der Waals surface area (Å²) in [5.41, 5.74) is 0. The second-order valence-electron chi connectivity index (χ2n) is 3.27. The van der Waals surface area contributed by atoms with E-state index in [2.05, 4.69) is 49.5 Å². The third kappa shape index (κ3) is 6.30. The van der Waals surface area contributed by atoms with E-state index in [0.29, 0.717) is 6.04 Å². The first kappa shape index (κ1) is 13.8. The van der Waals surface area contributed by atoms with Gasteiger partial charge in [-0.15, -0.1) is 24.2 Å². The highest BCUT2D eigenvalue weighted by Gasteiger charge is 1.93. The zero-order valence-electron chi connectivity index (χ0n) is 8.69. The van der Waals surface area contributed by atoms with E-state index in [-0.39, 0.29) is 12.4 Å². The number of hydrogen-bond donors (Lipinski definition) is 1. The molecule has 0 aliphatic carbocycles. The summed E-state index contributed by atoms with van der Waals surface area (Å²) < 4.78 is 0. The molecule has 0 amide bonds. The summed E-state index contributed by atoms with van der Waals surface area (Å²) in [6, 6.07) is 11.1. The summed E-state index contributed by atoms with van der Waals surface area (Å²) in [4.78, 5) is 1.35. The van der Waals surface area contributed by atoms with Gasteiger partial charge in [-0.1, -0.05) is 32.0 Å². The number of benzene rings is 1. The van der Waals surface area contributed by atoms with Crippen molar-refractivity contribution >= 4 is 24.2 Å². The molecule has 1 nitrogen and oxygen atoms in total. The Hall–Kier alpha value is -0.180. The predicted octanol–water partition coefficient (Wildman–Crippen LogP) is 3.20. The van der Waals surface area contributed by atoms with Crippen LogP contribution in [0.4, 0.5) is 0 Å². The van der Waals surface area contributed by atoms with Gasteiger partial charge in [-0.2, -0.15) is 0 Å². The van der Waals surface area contributed by atoms with Gasteiger partial charge in [-0.25, -0.2) is 0 Å². The predicted molar refractivity (Wildman–Crippen MR) is 67.6 cm³/mol. The summed E-state index contributed by atoms with van der Waals surface area (Å²) in [7, 11) is 0. The van der Waals surface area contributed by atoms with Crippen molar-refractivity contribution in [2.75, 3.05) is 12.3 Å². The second kappa shape index (κ2) is 8.16. The molecule has 0 aromatic heterocycles. The van der Waals surface area contributed by atoms with Crippen molar-refractivity contribution in [3.05, 3.63) is 30.3 Å². The van der Waals surface area contributed by atoms with Crippen LogP contribution < -0.4 is 5.32 Å². The maximum absolute atomic E-state index is 3.39. The van der Waals surface area contributed by atoms with Crippen molar-refractivity contribution in [2.45, 2.75) is 24.8 Å². The van der Waals surface area contributed by atoms with Crippen LogP contribution >= 0.6 is 24.2 Å². The van der Waals surface area contributed by atoms with Crippen LogP contribution in [0, 0.1) is 0 Å². The van der Waals surface area contributed by atoms with Crippen LogP contribution in [0.5, 0.6) is 0 Å². The van der Waals surface area contributed by atoms with Gasteiger partial charge in [0.15, 0.2) is 0 Å². The lowest BCUT2D eigenvalue weighted by atomic mass is 10.4. The molecule has 1 N–H and O–H groups in total. The molecule has 0 heterocycles. The summed E-state index contributed by atoms with van der Waals surface area (Å²) in [5, 5.41) is 3.39. The van der Waals surface area contributed by atoms with E-state index in [1.807, 2.05) is 11.8 Å². The second-order valence-corrected chi connectivity index (χ2v) is 4.44. The highest BCUT2D eigenvalue weighted by Crippen LogP contribution is 2.15. The molecule has 1 aromatic carbocycles. The summed E-state index contributed by atoms with van der Waals surface area (Å²) in [5.74, 6) is 1.14. The van der Waals surface area contributed by atoms with Crippen molar-refractivity contribution in [3.63, 3.8) is 0 Å². The summed E-state index contributed by atoms with van der Waals surface area (Å²) >= 11 is 1.90. The number of rotatable bonds is 5. The number of nitrogens with one attached hydrogen (secondary N) is 1. The van der Waals surface area contributed by atoms with Crippen LogP contribution in [-0.4, -0.2) is 18.3 Å². The fourth-order valence-electron chi connectivity index (χ4n) is 1.03. The van der Waals surface area contributed by atoms with Crippen LogP contribution in [0.2, 0.25) is 0 Å². The van der Waals surface area contributed by atoms with E-state index >= 15 is 0 Å². The Morgan fingerprint density at radius 1 is 1.21 bits per heavy atom. The summed E-state index contributed by atoms with van der Waals surface area (Å²) in [6.45, 7) is 5.43. The molecule has 3 heteroatoms. The molecule has 1 rings (SSSR count). The molecule has 0 aliphatic rings. The average Bonchev–Trinajstić information content (AvgIpc) is 2.14. The van der Waals surface area contributed by atoms with Gasteiger partial charge in [0.1, 0.15) is 0 Å². The first-order chi connectivity index (χ1) is 6.29. The van der Waals surface area contributed by atoms with E-state index in [9.17, 15) is 0 Å². The first-order valence-corrected chi connectivity index (χ1v) is 5.69. The van der Waals surface area contributed by atoms with Gasteiger partial charge in [0.05, 0.1) is 0 Å². The Morgan fingerprint density at radius 3 is 2.43 bits per heavy atom. The molecular formula is C11H18ClNS. The molecule has 0 spiro atoms. The monoisotopic (exact) mass is 231 g/mol. The molecule has 0 bridgehead atoms. The third-order valence-electron chi connectivity index (χ3n) is 1.67. The van der Waals surface area contributed by atoms with Gasteiger partial charge < -0.3 is 5.32 Å². The van der Waals surface area contributed by atoms with Crippen LogP contribution in [0.1, 0.15) is 13.8 Å². The molecule has 0 radical (unpaired) electrons. The van der Waals surface area contributed by atoms with Crippen molar-refractivity contribution in [2.24, 2.45) is 0 Å². The first-order valence-electron chi connectivity index (χ1n) is 4.70. The zero-order valence-corrected chi connectivity index (χ0v) is 10.3. The minimum Gasteiger partial charge on any atom is -0.314 e. The number of thioether (sulfide) groups is 1. The molecule has 1 aromatic rings. The Kier molecular flexibility index (Phi) is 8.05. The van der Waals surface area contributed by atoms with Crippen LogP contribution in [0.25, 0.3) is 0 Å². The third-order valence-corrected chi connectivity index (χ3v) is 2.68. The lowest BCUT2D eigenvalue weighted by molar-refractivity contribution is 0.616. The van der Waals surface area contributed by atoms with Gasteiger partial charge in [0, 0.05) is 23.2 Å². The van der Waals surface area contributed by atoms with Gasteiger partial charge in [-0.05, 0) is 12.1 Å². The van der Waals surface area contributed by atoms with E-state index < -0.39 is 0 Å². The van der Waals surface area contributed by atoms with Crippen molar-refractivity contribution in [3.8, 4) is 0 Å². The van der Waals surface area contributed by atoms with Gasteiger partial charge >= 0.3 is 0 Å². The minimum absolute atomic E-state index is 0. The fraction of sp³-hybridized carbons (Fsp3) is 0.455. The molecule has 0 unspecified atom stereocenters. The Morgan fingerprint density at radius 2 is 1.86 bits per heavy atom. The van der Waals surface area contributed by atoms with E-state index in [0.717, 1.165) is 12.3 Å². The van der Waals surface area contributed by atoms with Crippen LogP contribution in [0.15, 0.2) is 35.2 Å². The van der Waals surface area contributed by atoms with E-state index in [1.165, 1.54) is 4.90 Å². The molecule has 80 valence electrons. The van der Waals surface area contributed by atoms with E-state index in [1.54, 1.807) is 0 Å². The number of hydrogen-bond acceptors (Lipinski definition) is 2. The van der Waals surface area contributed by atoms with Gasteiger partial charge in [0.25, 0.3) is 0 Å². The molecule has 0 aliphatic heterocycles. The molecule has 0 saturated heterocycles. The van der Waals surface area contributed by atoms with Crippen LogP contribution in [0.3, 0.4) is 0 Å². The highest BCUT2D eigenvalue weighted by atomic mass is 35.5. The quantitative estimate of drug-likeness (QED) is 0.617. The molecule has 0 fully saturated rings. The maximum Gasteiger partial charge on any atom is 0.0106 e. The van der Waals surface area contributed by atoms with Crippen molar-refractivity contribution in [1.29, 1.82) is 0 Å². The van der Waals surface area contributed by atoms with Crippen molar-refractivity contribution in [1.82, 2.24) is 5.32 Å². The van der Waals surface area contributed by atoms with Crippen molar-refractivity contribution < 1.29 is 0 Å². The van der Waals surface area contributed by atoms with Crippen LogP contribution in [-0.2, 0) is 0 Å².